The monoisotopic (exact) mass is 295 g/mol. The van der Waals surface area contributed by atoms with Gasteiger partial charge in [0.1, 0.15) is 0 Å². The second-order valence-electron chi connectivity index (χ2n) is 3.25. The van der Waals surface area contributed by atoms with Crippen molar-refractivity contribution in [1.29, 1.82) is 0 Å². The van der Waals surface area contributed by atoms with Crippen molar-refractivity contribution in [2.24, 2.45) is 0 Å². The van der Waals surface area contributed by atoms with E-state index in [-0.39, 0.29) is 17.2 Å². The summed E-state index contributed by atoms with van der Waals surface area (Å²) in [5.41, 5.74) is 0.568. The number of rotatable bonds is 5. The number of hydrogen-bond acceptors (Lipinski definition) is 5. The molecule has 0 amide bonds. The highest BCUT2D eigenvalue weighted by atomic mass is 35.7. The molecule has 94 valence electrons. The van der Waals surface area contributed by atoms with Gasteiger partial charge < -0.3 is 0 Å². The number of nitrogens with zero attached hydrogens (tertiary/aromatic N) is 1. The summed E-state index contributed by atoms with van der Waals surface area (Å²) < 4.78 is 21.5. The molecular formula is C9H10ClNO4S2. The summed E-state index contributed by atoms with van der Waals surface area (Å²) in [6, 6.07) is 4.70. The maximum atomic E-state index is 10.7. The van der Waals surface area contributed by atoms with E-state index in [0.29, 0.717) is 10.5 Å². The lowest BCUT2D eigenvalue weighted by Gasteiger charge is -2.04. The molecule has 0 heterocycles. The normalized spacial score (nSPS) is 11.4. The van der Waals surface area contributed by atoms with E-state index in [1.54, 1.807) is 19.1 Å². The maximum Gasteiger partial charge on any atom is 0.273 e. The molecule has 8 heteroatoms. The van der Waals surface area contributed by atoms with E-state index >= 15 is 0 Å². The lowest BCUT2D eigenvalue weighted by atomic mass is 10.2. The van der Waals surface area contributed by atoms with Crippen molar-refractivity contribution in [2.75, 3.05) is 11.5 Å². The number of nitro benzene ring substituents is 1. The van der Waals surface area contributed by atoms with Crippen LogP contribution in [0.4, 0.5) is 5.69 Å². The lowest BCUT2D eigenvalue weighted by Crippen LogP contribution is -2.00. The molecule has 17 heavy (non-hydrogen) atoms. The molecule has 0 atom stereocenters. The van der Waals surface area contributed by atoms with Gasteiger partial charge in [-0.15, -0.1) is 11.8 Å². The Morgan fingerprint density at radius 3 is 2.65 bits per heavy atom. The number of hydrogen-bond donors (Lipinski definition) is 0. The Morgan fingerprint density at radius 1 is 1.47 bits per heavy atom. The molecule has 0 radical (unpaired) electrons. The van der Waals surface area contributed by atoms with Gasteiger partial charge in [-0.3, -0.25) is 10.1 Å². The van der Waals surface area contributed by atoms with E-state index < -0.39 is 14.0 Å². The van der Waals surface area contributed by atoms with E-state index in [1.807, 2.05) is 0 Å². The van der Waals surface area contributed by atoms with E-state index in [2.05, 4.69) is 0 Å². The third-order valence-electron chi connectivity index (χ3n) is 2.04. The minimum atomic E-state index is -3.52. The zero-order chi connectivity index (χ0) is 13.1. The molecule has 0 aromatic heterocycles. The predicted molar refractivity (Wildman–Crippen MR) is 68.2 cm³/mol. The predicted octanol–water partition coefficient (Wildman–Crippen LogP) is 2.56. The van der Waals surface area contributed by atoms with Gasteiger partial charge in [-0.05, 0) is 13.0 Å². The minimum Gasteiger partial charge on any atom is -0.258 e. The molecule has 0 aliphatic rings. The van der Waals surface area contributed by atoms with Crippen molar-refractivity contribution < 1.29 is 13.3 Å². The number of thioether (sulfide) groups is 1. The third kappa shape index (κ3) is 4.53. The van der Waals surface area contributed by atoms with Gasteiger partial charge in [-0.1, -0.05) is 6.07 Å². The van der Waals surface area contributed by atoms with Crippen LogP contribution < -0.4 is 0 Å². The first-order chi connectivity index (χ1) is 7.81. The smallest absolute Gasteiger partial charge is 0.258 e. The third-order valence-corrected chi connectivity index (χ3v) is 4.61. The van der Waals surface area contributed by atoms with Gasteiger partial charge in [0, 0.05) is 33.0 Å². The molecule has 0 spiro atoms. The molecular weight excluding hydrogens is 286 g/mol. The van der Waals surface area contributed by atoms with E-state index in [1.165, 1.54) is 17.8 Å². The van der Waals surface area contributed by atoms with Crippen molar-refractivity contribution in [3.63, 3.8) is 0 Å². The van der Waals surface area contributed by atoms with Crippen molar-refractivity contribution in [2.45, 2.75) is 11.8 Å². The van der Waals surface area contributed by atoms with Crippen LogP contribution in [0.5, 0.6) is 0 Å². The topological polar surface area (TPSA) is 77.3 Å². The zero-order valence-corrected chi connectivity index (χ0v) is 11.3. The van der Waals surface area contributed by atoms with E-state index in [0.717, 1.165) is 0 Å². The van der Waals surface area contributed by atoms with Crippen LogP contribution in [0.3, 0.4) is 0 Å². The molecule has 1 aromatic carbocycles. The van der Waals surface area contributed by atoms with Gasteiger partial charge in [0.25, 0.3) is 5.69 Å². The van der Waals surface area contributed by atoms with Gasteiger partial charge in [0.2, 0.25) is 9.05 Å². The Kier molecular flexibility index (Phi) is 4.79. The minimum absolute atomic E-state index is 0.0312. The summed E-state index contributed by atoms with van der Waals surface area (Å²) in [6.07, 6.45) is 0. The van der Waals surface area contributed by atoms with Gasteiger partial charge in [0.15, 0.2) is 0 Å². The Hall–Kier alpha value is -0.790. The average molecular weight is 296 g/mol. The van der Waals surface area contributed by atoms with Crippen molar-refractivity contribution >= 4 is 37.2 Å². The van der Waals surface area contributed by atoms with E-state index in [4.69, 9.17) is 10.7 Å². The van der Waals surface area contributed by atoms with Crippen LogP contribution in [0.25, 0.3) is 0 Å². The van der Waals surface area contributed by atoms with Gasteiger partial charge in [-0.25, -0.2) is 8.42 Å². The summed E-state index contributed by atoms with van der Waals surface area (Å²) >= 11 is 1.24. The highest BCUT2D eigenvalue weighted by molar-refractivity contribution is 8.14. The standard InChI is InChI=1S/C9H10ClNO4S2/c1-7-8(11(12)13)3-2-4-9(7)16-5-6-17(10,14)15/h2-4H,5-6H2,1H3. The molecule has 0 aliphatic carbocycles. The molecule has 0 saturated carbocycles. The summed E-state index contributed by atoms with van der Waals surface area (Å²) in [7, 11) is 1.56. The highest BCUT2D eigenvalue weighted by Crippen LogP contribution is 2.29. The van der Waals surface area contributed by atoms with Crippen LogP contribution in [0.2, 0.25) is 0 Å². The molecule has 0 bridgehead atoms. The number of halogens is 1. The molecule has 1 rings (SSSR count). The molecule has 5 nitrogen and oxygen atoms in total. The Bertz CT molecular complexity index is 530. The SMILES string of the molecule is Cc1c(SCCS(=O)(=O)Cl)cccc1[N+](=O)[O-]. The largest absolute Gasteiger partial charge is 0.273 e. The van der Waals surface area contributed by atoms with E-state index in [9.17, 15) is 18.5 Å². The van der Waals surface area contributed by atoms with Gasteiger partial charge >= 0.3 is 0 Å². The van der Waals surface area contributed by atoms with Gasteiger partial charge in [-0.2, -0.15) is 0 Å². The van der Waals surface area contributed by atoms with Crippen molar-refractivity contribution in [1.82, 2.24) is 0 Å². The first kappa shape index (κ1) is 14.3. The summed E-state index contributed by atoms with van der Waals surface area (Å²) in [5, 5.41) is 10.7. The summed E-state index contributed by atoms with van der Waals surface area (Å²) in [4.78, 5) is 10.9. The van der Waals surface area contributed by atoms with Crippen LogP contribution in [0.1, 0.15) is 5.56 Å². The van der Waals surface area contributed by atoms with Gasteiger partial charge in [0.05, 0.1) is 10.7 Å². The molecule has 0 fully saturated rings. The summed E-state index contributed by atoms with van der Waals surface area (Å²) in [6.45, 7) is 1.63. The van der Waals surface area contributed by atoms with Crippen LogP contribution in [0, 0.1) is 17.0 Å². The molecule has 0 aliphatic heterocycles. The molecule has 0 N–H and O–H groups in total. The Morgan fingerprint density at radius 2 is 2.12 bits per heavy atom. The fourth-order valence-corrected chi connectivity index (χ4v) is 3.62. The first-order valence-electron chi connectivity index (χ1n) is 4.60. The Labute approximate surface area is 108 Å². The van der Waals surface area contributed by atoms with Crippen molar-refractivity contribution in [3.05, 3.63) is 33.9 Å². The highest BCUT2D eigenvalue weighted by Gasteiger charge is 2.14. The van der Waals surface area contributed by atoms with Crippen LogP contribution in [0.15, 0.2) is 23.1 Å². The molecule has 0 saturated heterocycles. The number of benzene rings is 1. The quantitative estimate of drug-likeness (QED) is 0.361. The second-order valence-corrected chi connectivity index (χ2v) is 7.28. The first-order valence-corrected chi connectivity index (χ1v) is 8.07. The van der Waals surface area contributed by atoms with Crippen LogP contribution in [-0.2, 0) is 9.05 Å². The zero-order valence-electron chi connectivity index (χ0n) is 8.92. The summed E-state index contributed by atoms with van der Waals surface area (Å²) in [5.74, 6) is 0.106. The van der Waals surface area contributed by atoms with Crippen LogP contribution in [-0.4, -0.2) is 24.8 Å². The second kappa shape index (κ2) is 5.70. The molecule has 1 aromatic rings. The fourth-order valence-electron chi connectivity index (χ4n) is 1.21. The molecule has 0 unspecified atom stereocenters. The maximum absolute atomic E-state index is 10.7. The fraction of sp³-hybridized carbons (Fsp3) is 0.333. The lowest BCUT2D eigenvalue weighted by molar-refractivity contribution is -0.385. The van der Waals surface area contributed by atoms with Crippen LogP contribution >= 0.6 is 22.4 Å². The van der Waals surface area contributed by atoms with Crippen molar-refractivity contribution in [3.8, 4) is 0 Å². The number of nitro groups is 1. The average Bonchev–Trinajstić information content (AvgIpc) is 2.18. The Balaban J connectivity index is 2.79.